The van der Waals surface area contributed by atoms with Crippen LogP contribution in [-0.2, 0) is 9.53 Å². The van der Waals surface area contributed by atoms with E-state index in [4.69, 9.17) is 4.74 Å². The molecule has 2 nitrogen and oxygen atoms in total. The number of hydrogen-bond acceptors (Lipinski definition) is 3. The molecular weight excluding hydrogens is 306 g/mol. The third kappa shape index (κ3) is 11.3. The van der Waals surface area contributed by atoms with Gasteiger partial charge in [0.2, 0.25) is 5.92 Å². The van der Waals surface area contributed by atoms with E-state index in [9.17, 15) is 13.6 Å². The Labute approximate surface area is 138 Å². The van der Waals surface area contributed by atoms with Crippen LogP contribution in [0.15, 0.2) is 0 Å². The molecule has 0 saturated heterocycles. The summed E-state index contributed by atoms with van der Waals surface area (Å²) >= 11 is 1.57. The maximum absolute atomic E-state index is 13.1. The minimum Gasteiger partial charge on any atom is -0.465 e. The molecule has 0 aliphatic heterocycles. The zero-order valence-electron chi connectivity index (χ0n) is 14.3. The summed E-state index contributed by atoms with van der Waals surface area (Å²) in [6.45, 7) is 6.16. The topological polar surface area (TPSA) is 26.3 Å². The first kappa shape index (κ1) is 21.7. The van der Waals surface area contributed by atoms with Crippen molar-refractivity contribution in [2.75, 3.05) is 12.4 Å². The first-order valence-corrected chi connectivity index (χ1v) is 9.67. The molecule has 0 aliphatic rings. The lowest BCUT2D eigenvalue weighted by Crippen LogP contribution is -2.21. The van der Waals surface area contributed by atoms with E-state index in [1.807, 2.05) is 0 Å². The quantitative estimate of drug-likeness (QED) is 0.294. The number of rotatable bonds is 14. The summed E-state index contributed by atoms with van der Waals surface area (Å²) in [4.78, 5) is 12.0. The molecule has 1 atom stereocenters. The number of halogens is 2. The predicted molar refractivity (Wildman–Crippen MR) is 90.7 cm³/mol. The number of unbranched alkanes of at least 4 members (excludes halogenated alkanes) is 3. The van der Waals surface area contributed by atoms with Crippen molar-refractivity contribution >= 4 is 17.7 Å². The van der Waals surface area contributed by atoms with Gasteiger partial charge in [-0.3, -0.25) is 4.79 Å². The molecule has 0 bridgehead atoms. The largest absolute Gasteiger partial charge is 0.465 e. The van der Waals surface area contributed by atoms with Gasteiger partial charge in [0.15, 0.2) is 0 Å². The SMILES string of the molecule is CCCCOC(=O)C(CCCC)SCCCCC(F)(F)CC. The average Bonchev–Trinajstić information content (AvgIpc) is 2.50. The van der Waals surface area contributed by atoms with Crippen LogP contribution in [0.25, 0.3) is 0 Å². The van der Waals surface area contributed by atoms with Crippen molar-refractivity contribution in [3.8, 4) is 0 Å². The second-order valence-corrected chi connectivity index (χ2v) is 7.00. The molecule has 0 rings (SSSR count). The first-order valence-electron chi connectivity index (χ1n) is 8.62. The third-order valence-corrected chi connectivity index (χ3v) is 4.95. The fraction of sp³-hybridized carbons (Fsp3) is 0.941. The third-order valence-electron chi connectivity index (χ3n) is 3.60. The number of carbonyl (C=O) groups is 1. The molecule has 0 saturated carbocycles. The molecule has 0 amide bonds. The van der Waals surface area contributed by atoms with Crippen molar-refractivity contribution in [3.63, 3.8) is 0 Å². The maximum atomic E-state index is 13.1. The van der Waals surface area contributed by atoms with E-state index in [2.05, 4.69) is 13.8 Å². The van der Waals surface area contributed by atoms with E-state index < -0.39 is 5.92 Å². The lowest BCUT2D eigenvalue weighted by Gasteiger charge is -2.16. The molecule has 0 fully saturated rings. The molecule has 132 valence electrons. The van der Waals surface area contributed by atoms with Crippen LogP contribution < -0.4 is 0 Å². The average molecular weight is 339 g/mol. The number of hydrogen-bond donors (Lipinski definition) is 0. The van der Waals surface area contributed by atoms with Crippen LogP contribution in [0.3, 0.4) is 0 Å². The highest BCUT2D eigenvalue weighted by atomic mass is 32.2. The summed E-state index contributed by atoms with van der Waals surface area (Å²) in [6, 6.07) is 0. The molecule has 0 N–H and O–H groups in total. The van der Waals surface area contributed by atoms with E-state index in [1.165, 1.54) is 6.92 Å². The summed E-state index contributed by atoms with van der Waals surface area (Å²) in [5.74, 6) is -1.92. The monoisotopic (exact) mass is 338 g/mol. The van der Waals surface area contributed by atoms with E-state index >= 15 is 0 Å². The van der Waals surface area contributed by atoms with Gasteiger partial charge in [0.25, 0.3) is 0 Å². The molecule has 0 heterocycles. The Balaban J connectivity index is 4.00. The molecule has 0 aromatic rings. The molecule has 0 spiro atoms. The fourth-order valence-electron chi connectivity index (χ4n) is 1.96. The van der Waals surface area contributed by atoms with Crippen LogP contribution in [-0.4, -0.2) is 29.5 Å². The minimum atomic E-state index is -2.54. The van der Waals surface area contributed by atoms with Crippen molar-refractivity contribution in [2.45, 2.75) is 89.7 Å². The van der Waals surface area contributed by atoms with Gasteiger partial charge in [0, 0.05) is 12.8 Å². The highest BCUT2D eigenvalue weighted by Gasteiger charge is 2.25. The van der Waals surface area contributed by atoms with Gasteiger partial charge in [-0.1, -0.05) is 40.0 Å². The van der Waals surface area contributed by atoms with Crippen molar-refractivity contribution < 1.29 is 18.3 Å². The van der Waals surface area contributed by atoms with Gasteiger partial charge in [0.1, 0.15) is 5.25 Å². The van der Waals surface area contributed by atoms with Gasteiger partial charge < -0.3 is 4.74 Å². The number of carbonyl (C=O) groups excluding carboxylic acids is 1. The van der Waals surface area contributed by atoms with Gasteiger partial charge in [-0.15, -0.1) is 11.8 Å². The van der Waals surface area contributed by atoms with E-state index in [1.54, 1.807) is 11.8 Å². The molecule has 0 radical (unpaired) electrons. The van der Waals surface area contributed by atoms with Crippen LogP contribution in [0.4, 0.5) is 8.78 Å². The van der Waals surface area contributed by atoms with Crippen LogP contribution in [0.2, 0.25) is 0 Å². The van der Waals surface area contributed by atoms with Crippen LogP contribution in [0.1, 0.15) is 78.6 Å². The molecule has 5 heteroatoms. The molecule has 0 aliphatic carbocycles. The van der Waals surface area contributed by atoms with Crippen LogP contribution in [0, 0.1) is 0 Å². The Morgan fingerprint density at radius 3 is 2.36 bits per heavy atom. The second-order valence-electron chi connectivity index (χ2n) is 5.69. The molecule has 1 unspecified atom stereocenters. The zero-order valence-corrected chi connectivity index (χ0v) is 15.2. The van der Waals surface area contributed by atoms with E-state index in [0.717, 1.165) is 44.3 Å². The first-order chi connectivity index (χ1) is 10.5. The Kier molecular flexibility index (Phi) is 13.0. The number of thioether (sulfide) groups is 1. The van der Waals surface area contributed by atoms with Crippen molar-refractivity contribution in [2.24, 2.45) is 0 Å². The van der Waals surface area contributed by atoms with Crippen molar-refractivity contribution in [3.05, 3.63) is 0 Å². The lowest BCUT2D eigenvalue weighted by atomic mass is 10.1. The standard InChI is InChI=1S/C17H32F2O2S/c1-4-7-11-15(16(20)21-13-8-5-2)22-14-10-9-12-17(18,19)6-3/h15H,4-14H2,1-3H3. The minimum absolute atomic E-state index is 0.0510. The van der Waals surface area contributed by atoms with Gasteiger partial charge in [-0.25, -0.2) is 8.78 Å². The summed E-state index contributed by atoms with van der Waals surface area (Å²) in [5, 5.41) is -0.136. The summed E-state index contributed by atoms with van der Waals surface area (Å²) in [7, 11) is 0. The van der Waals surface area contributed by atoms with Crippen molar-refractivity contribution in [1.29, 1.82) is 0 Å². The van der Waals surface area contributed by atoms with E-state index in [0.29, 0.717) is 13.0 Å². The summed E-state index contributed by atoms with van der Waals surface area (Å²) in [6.07, 6.45) is 5.85. The number of esters is 1. The van der Waals surface area contributed by atoms with Gasteiger partial charge in [0.05, 0.1) is 6.61 Å². The highest BCUT2D eigenvalue weighted by molar-refractivity contribution is 8.00. The second kappa shape index (κ2) is 13.1. The van der Waals surface area contributed by atoms with Gasteiger partial charge in [-0.2, -0.15) is 0 Å². The maximum Gasteiger partial charge on any atom is 0.319 e. The molecule has 0 aromatic carbocycles. The predicted octanol–water partition coefficient (Wildman–Crippen LogP) is 5.84. The van der Waals surface area contributed by atoms with Gasteiger partial charge in [-0.05, 0) is 31.4 Å². The fourth-order valence-corrected chi connectivity index (χ4v) is 3.15. The van der Waals surface area contributed by atoms with Crippen LogP contribution in [0.5, 0.6) is 0 Å². The lowest BCUT2D eigenvalue weighted by molar-refractivity contribution is -0.143. The number of ether oxygens (including phenoxy) is 1. The van der Waals surface area contributed by atoms with Gasteiger partial charge >= 0.3 is 5.97 Å². The van der Waals surface area contributed by atoms with E-state index in [-0.39, 0.29) is 24.1 Å². The van der Waals surface area contributed by atoms with Crippen molar-refractivity contribution in [1.82, 2.24) is 0 Å². The summed E-state index contributed by atoms with van der Waals surface area (Å²) < 4.78 is 31.5. The normalized spacial score (nSPS) is 13.1. The molecular formula is C17H32F2O2S. The smallest absolute Gasteiger partial charge is 0.319 e. The number of alkyl halides is 2. The zero-order chi connectivity index (χ0) is 16.8. The Morgan fingerprint density at radius 2 is 1.77 bits per heavy atom. The highest BCUT2D eigenvalue weighted by Crippen LogP contribution is 2.26. The Hall–Kier alpha value is -0.320. The Morgan fingerprint density at radius 1 is 1.09 bits per heavy atom. The molecule has 22 heavy (non-hydrogen) atoms. The Bertz CT molecular complexity index is 286. The molecule has 0 aromatic heterocycles. The van der Waals surface area contributed by atoms with Crippen LogP contribution >= 0.6 is 11.8 Å². The summed E-state index contributed by atoms with van der Waals surface area (Å²) in [5.41, 5.74) is 0.